The fourth-order valence-corrected chi connectivity index (χ4v) is 1.56. The minimum Gasteiger partial charge on any atom is -0.363 e. The van der Waals surface area contributed by atoms with Crippen molar-refractivity contribution in [1.29, 1.82) is 0 Å². The van der Waals surface area contributed by atoms with Crippen LogP contribution in [0.4, 0.5) is 5.82 Å². The number of anilines is 1. The fourth-order valence-electron chi connectivity index (χ4n) is 1.56. The molecule has 1 saturated carbocycles. The van der Waals surface area contributed by atoms with E-state index in [4.69, 9.17) is 5.73 Å². The second kappa shape index (κ2) is 3.77. The maximum atomic E-state index is 5.71. The van der Waals surface area contributed by atoms with Crippen molar-refractivity contribution in [3.8, 4) is 0 Å². The Bertz CT molecular complexity index is 344. The minimum absolute atomic E-state index is 0.114. The van der Waals surface area contributed by atoms with E-state index < -0.39 is 0 Å². The van der Waals surface area contributed by atoms with Crippen LogP contribution in [0.3, 0.4) is 0 Å². The predicted molar refractivity (Wildman–Crippen MR) is 60.8 cm³/mol. The minimum atomic E-state index is 0.114. The third kappa shape index (κ3) is 2.26. The van der Waals surface area contributed by atoms with Crippen LogP contribution in [-0.2, 0) is 0 Å². The van der Waals surface area contributed by atoms with Crippen molar-refractivity contribution < 1.29 is 0 Å². The molecule has 0 atom stereocenters. The van der Waals surface area contributed by atoms with Crippen LogP contribution in [0.15, 0.2) is 12.4 Å². The van der Waals surface area contributed by atoms with Gasteiger partial charge in [0.15, 0.2) is 0 Å². The molecular weight excluding hydrogens is 188 g/mol. The molecule has 0 aliphatic heterocycles. The van der Waals surface area contributed by atoms with Crippen molar-refractivity contribution in [2.45, 2.75) is 38.1 Å². The molecule has 0 radical (unpaired) electrons. The molecule has 1 aromatic rings. The molecule has 0 unspecified atom stereocenters. The van der Waals surface area contributed by atoms with Gasteiger partial charge in [-0.3, -0.25) is 0 Å². The number of nitrogens with one attached hydrogen (secondary N) is 1. The van der Waals surface area contributed by atoms with Gasteiger partial charge in [-0.25, -0.2) is 9.97 Å². The monoisotopic (exact) mass is 206 g/mol. The molecule has 0 bridgehead atoms. The molecule has 1 aliphatic rings. The van der Waals surface area contributed by atoms with Crippen LogP contribution >= 0.6 is 0 Å². The summed E-state index contributed by atoms with van der Waals surface area (Å²) in [4.78, 5) is 8.45. The Morgan fingerprint density at radius 1 is 1.47 bits per heavy atom. The summed E-state index contributed by atoms with van der Waals surface area (Å²) >= 11 is 0. The molecule has 82 valence electrons. The van der Waals surface area contributed by atoms with Gasteiger partial charge in [0.1, 0.15) is 12.1 Å². The van der Waals surface area contributed by atoms with Crippen LogP contribution < -0.4 is 11.1 Å². The maximum Gasteiger partial charge on any atom is 0.130 e. The van der Waals surface area contributed by atoms with Crippen LogP contribution in [0.5, 0.6) is 0 Å². The first-order valence-electron chi connectivity index (χ1n) is 5.45. The van der Waals surface area contributed by atoms with E-state index in [-0.39, 0.29) is 5.54 Å². The fraction of sp³-hybridized carbons (Fsp3) is 0.636. The lowest BCUT2D eigenvalue weighted by molar-refractivity contribution is 0.732. The van der Waals surface area contributed by atoms with Crippen molar-refractivity contribution in [2.24, 2.45) is 5.73 Å². The van der Waals surface area contributed by atoms with Crippen molar-refractivity contribution in [3.63, 3.8) is 0 Å². The highest BCUT2D eigenvalue weighted by Crippen LogP contribution is 2.37. The van der Waals surface area contributed by atoms with Gasteiger partial charge in [0, 0.05) is 18.3 Å². The highest BCUT2D eigenvalue weighted by Gasteiger charge is 2.41. The second-order valence-electron chi connectivity index (χ2n) is 4.59. The number of aromatic nitrogens is 2. The molecule has 0 aromatic carbocycles. The van der Waals surface area contributed by atoms with Crippen LogP contribution in [0.25, 0.3) is 0 Å². The quantitative estimate of drug-likeness (QED) is 0.783. The highest BCUT2D eigenvalue weighted by atomic mass is 15.1. The molecule has 1 aliphatic carbocycles. The Balaban J connectivity index is 2.11. The molecule has 15 heavy (non-hydrogen) atoms. The molecule has 0 amide bonds. The normalized spacial score (nSPS) is 17.9. The zero-order valence-electron chi connectivity index (χ0n) is 9.33. The van der Waals surface area contributed by atoms with Crippen molar-refractivity contribution in [1.82, 2.24) is 9.97 Å². The standard InChI is InChI=1S/C11H18N4/c1-8(2)9-5-10(14-7-13-9)15-11(6-12)3-4-11/h5,7-8H,3-4,6,12H2,1-2H3,(H,13,14,15). The Morgan fingerprint density at radius 3 is 2.73 bits per heavy atom. The summed E-state index contributed by atoms with van der Waals surface area (Å²) in [6.07, 6.45) is 3.90. The SMILES string of the molecule is CC(C)c1cc(NC2(CN)CC2)ncn1. The molecule has 3 N–H and O–H groups in total. The van der Waals surface area contributed by atoms with E-state index in [2.05, 4.69) is 29.1 Å². The molecule has 0 spiro atoms. The van der Waals surface area contributed by atoms with E-state index in [0.29, 0.717) is 12.5 Å². The molecule has 0 saturated heterocycles. The Hall–Kier alpha value is -1.16. The van der Waals surface area contributed by atoms with Crippen LogP contribution in [0.1, 0.15) is 38.3 Å². The first-order chi connectivity index (χ1) is 7.15. The Morgan fingerprint density at radius 2 is 2.20 bits per heavy atom. The number of nitrogens with zero attached hydrogens (tertiary/aromatic N) is 2. The maximum absolute atomic E-state index is 5.71. The van der Waals surface area contributed by atoms with Crippen LogP contribution in [0, 0.1) is 0 Å². The van der Waals surface area contributed by atoms with E-state index in [1.54, 1.807) is 6.33 Å². The lowest BCUT2D eigenvalue weighted by atomic mass is 10.1. The third-order valence-corrected chi connectivity index (χ3v) is 2.92. The zero-order chi connectivity index (χ0) is 10.9. The van der Waals surface area contributed by atoms with Crippen molar-refractivity contribution >= 4 is 5.82 Å². The smallest absolute Gasteiger partial charge is 0.130 e. The molecule has 1 aromatic heterocycles. The molecule has 4 heteroatoms. The largest absolute Gasteiger partial charge is 0.363 e. The summed E-state index contributed by atoms with van der Waals surface area (Å²) in [5, 5.41) is 3.40. The lowest BCUT2D eigenvalue weighted by Gasteiger charge is -2.16. The summed E-state index contributed by atoms with van der Waals surface area (Å²) in [7, 11) is 0. The van der Waals surface area contributed by atoms with Gasteiger partial charge in [-0.2, -0.15) is 0 Å². The van der Waals surface area contributed by atoms with Gasteiger partial charge >= 0.3 is 0 Å². The van der Waals surface area contributed by atoms with Gasteiger partial charge in [0.25, 0.3) is 0 Å². The van der Waals surface area contributed by atoms with Crippen LogP contribution in [-0.4, -0.2) is 22.1 Å². The van der Waals surface area contributed by atoms with Gasteiger partial charge in [0.2, 0.25) is 0 Å². The molecule has 1 heterocycles. The van der Waals surface area contributed by atoms with Gasteiger partial charge < -0.3 is 11.1 Å². The van der Waals surface area contributed by atoms with Gasteiger partial charge in [-0.1, -0.05) is 13.8 Å². The number of hydrogen-bond donors (Lipinski definition) is 2. The number of rotatable bonds is 4. The van der Waals surface area contributed by atoms with E-state index in [0.717, 1.165) is 24.4 Å². The second-order valence-corrected chi connectivity index (χ2v) is 4.59. The Kier molecular flexibility index (Phi) is 2.61. The van der Waals surface area contributed by atoms with E-state index >= 15 is 0 Å². The average Bonchev–Trinajstić information content (AvgIpc) is 2.99. The zero-order valence-corrected chi connectivity index (χ0v) is 9.33. The molecule has 1 fully saturated rings. The summed E-state index contributed by atoms with van der Waals surface area (Å²) in [5.41, 5.74) is 6.89. The first kappa shape index (κ1) is 10.4. The lowest BCUT2D eigenvalue weighted by Crippen LogP contribution is -2.31. The average molecular weight is 206 g/mol. The summed E-state index contributed by atoms with van der Waals surface area (Å²) < 4.78 is 0. The number of hydrogen-bond acceptors (Lipinski definition) is 4. The van der Waals surface area contributed by atoms with E-state index in [9.17, 15) is 0 Å². The Labute approximate surface area is 90.3 Å². The van der Waals surface area contributed by atoms with Gasteiger partial charge in [0.05, 0.1) is 5.54 Å². The van der Waals surface area contributed by atoms with Crippen molar-refractivity contribution in [2.75, 3.05) is 11.9 Å². The van der Waals surface area contributed by atoms with Crippen LogP contribution in [0.2, 0.25) is 0 Å². The predicted octanol–water partition coefficient (Wildman–Crippen LogP) is 1.50. The summed E-state index contributed by atoms with van der Waals surface area (Å²) in [6.45, 7) is 4.93. The summed E-state index contributed by atoms with van der Waals surface area (Å²) in [5.74, 6) is 1.33. The van der Waals surface area contributed by atoms with E-state index in [1.165, 1.54) is 0 Å². The summed E-state index contributed by atoms with van der Waals surface area (Å²) in [6, 6.07) is 2.01. The number of nitrogens with two attached hydrogens (primary N) is 1. The van der Waals surface area contributed by atoms with Gasteiger partial charge in [-0.15, -0.1) is 0 Å². The van der Waals surface area contributed by atoms with Gasteiger partial charge in [-0.05, 0) is 18.8 Å². The highest BCUT2D eigenvalue weighted by molar-refractivity contribution is 5.41. The van der Waals surface area contributed by atoms with E-state index in [1.807, 2.05) is 6.07 Å². The molecular formula is C11H18N4. The first-order valence-corrected chi connectivity index (χ1v) is 5.45. The van der Waals surface area contributed by atoms with Crippen molar-refractivity contribution in [3.05, 3.63) is 18.1 Å². The molecule has 2 rings (SSSR count). The topological polar surface area (TPSA) is 63.8 Å². The molecule has 4 nitrogen and oxygen atoms in total. The third-order valence-electron chi connectivity index (χ3n) is 2.92.